The number of nitrogens with zero attached hydrogens (tertiary/aromatic N) is 2. The number of rotatable bonds is 6. The lowest BCUT2D eigenvalue weighted by molar-refractivity contribution is 0.266. The molecule has 1 aromatic heterocycles. The van der Waals surface area contributed by atoms with Gasteiger partial charge in [-0.15, -0.1) is 0 Å². The molecule has 19 heavy (non-hydrogen) atoms. The van der Waals surface area contributed by atoms with E-state index in [4.69, 9.17) is 0 Å². The minimum Gasteiger partial charge on any atom is -0.394 e. The van der Waals surface area contributed by atoms with Gasteiger partial charge in [0.1, 0.15) is 5.82 Å². The van der Waals surface area contributed by atoms with Crippen LogP contribution in [-0.4, -0.2) is 35.8 Å². The molecule has 0 saturated carbocycles. The summed E-state index contributed by atoms with van der Waals surface area (Å²) in [5, 5.41) is 12.8. The number of nitrogens with one attached hydrogen (secondary N) is 1. The van der Waals surface area contributed by atoms with E-state index in [1.807, 2.05) is 6.20 Å². The van der Waals surface area contributed by atoms with Crippen molar-refractivity contribution in [3.63, 3.8) is 0 Å². The van der Waals surface area contributed by atoms with Gasteiger partial charge in [0.05, 0.1) is 12.6 Å². The van der Waals surface area contributed by atoms with Crippen molar-refractivity contribution in [1.82, 2.24) is 10.3 Å². The van der Waals surface area contributed by atoms with E-state index in [9.17, 15) is 5.11 Å². The average Bonchev–Trinajstić information content (AvgIpc) is 2.87. The third-order valence-corrected chi connectivity index (χ3v) is 3.72. The molecule has 2 heterocycles. The largest absolute Gasteiger partial charge is 0.394 e. The zero-order valence-electron chi connectivity index (χ0n) is 12.0. The molecule has 1 atom stereocenters. The molecule has 1 aliphatic heterocycles. The molecule has 1 unspecified atom stereocenters. The lowest BCUT2D eigenvalue weighted by Gasteiger charge is -2.25. The van der Waals surface area contributed by atoms with Gasteiger partial charge in [-0.05, 0) is 49.9 Å². The summed E-state index contributed by atoms with van der Waals surface area (Å²) in [6, 6.07) is 2.45. The van der Waals surface area contributed by atoms with E-state index in [1.54, 1.807) is 0 Å². The molecule has 1 fully saturated rings. The zero-order valence-corrected chi connectivity index (χ0v) is 12.0. The topological polar surface area (TPSA) is 48.4 Å². The monoisotopic (exact) mass is 263 g/mol. The number of aliphatic hydroxyl groups excluding tert-OH is 1. The number of anilines is 1. The highest BCUT2D eigenvalue weighted by Crippen LogP contribution is 2.26. The Morgan fingerprint density at radius 3 is 3.05 bits per heavy atom. The van der Waals surface area contributed by atoms with Gasteiger partial charge >= 0.3 is 0 Å². The van der Waals surface area contributed by atoms with E-state index in [0.717, 1.165) is 44.7 Å². The van der Waals surface area contributed by atoms with Gasteiger partial charge in [-0.1, -0.05) is 6.92 Å². The summed E-state index contributed by atoms with van der Waals surface area (Å²) in [5.41, 5.74) is 2.44. The van der Waals surface area contributed by atoms with Crippen LogP contribution < -0.4 is 10.2 Å². The second-order valence-corrected chi connectivity index (χ2v) is 5.33. The summed E-state index contributed by atoms with van der Waals surface area (Å²) in [7, 11) is 0. The van der Waals surface area contributed by atoms with Crippen molar-refractivity contribution in [1.29, 1.82) is 0 Å². The minimum atomic E-state index is 0.223. The van der Waals surface area contributed by atoms with Gasteiger partial charge < -0.3 is 15.3 Å². The summed E-state index contributed by atoms with van der Waals surface area (Å²) in [6.07, 6.45) is 5.32. The van der Waals surface area contributed by atoms with Crippen LogP contribution in [0, 0.1) is 6.92 Å². The second kappa shape index (κ2) is 6.87. The van der Waals surface area contributed by atoms with Crippen LogP contribution in [0.3, 0.4) is 0 Å². The Kier molecular flexibility index (Phi) is 5.16. The van der Waals surface area contributed by atoms with Crippen LogP contribution in [0.5, 0.6) is 0 Å². The highest BCUT2D eigenvalue weighted by atomic mass is 16.3. The van der Waals surface area contributed by atoms with Gasteiger partial charge in [-0.2, -0.15) is 0 Å². The Hall–Kier alpha value is -1.13. The van der Waals surface area contributed by atoms with Crippen LogP contribution in [-0.2, 0) is 6.54 Å². The SMILES string of the molecule is CCCNCc1cnc(N2CCCC2CO)c(C)c1. The lowest BCUT2D eigenvalue weighted by Crippen LogP contribution is -2.33. The molecular weight excluding hydrogens is 238 g/mol. The third-order valence-electron chi connectivity index (χ3n) is 3.72. The van der Waals surface area contributed by atoms with Crippen molar-refractivity contribution in [2.24, 2.45) is 0 Å². The van der Waals surface area contributed by atoms with E-state index < -0.39 is 0 Å². The van der Waals surface area contributed by atoms with Gasteiger partial charge in [0.2, 0.25) is 0 Å². The molecule has 0 amide bonds. The van der Waals surface area contributed by atoms with Crippen molar-refractivity contribution < 1.29 is 5.11 Å². The van der Waals surface area contributed by atoms with Crippen molar-refractivity contribution in [3.05, 3.63) is 23.4 Å². The van der Waals surface area contributed by atoms with Crippen LogP contribution in [0.15, 0.2) is 12.3 Å². The number of hydrogen-bond acceptors (Lipinski definition) is 4. The number of hydrogen-bond donors (Lipinski definition) is 2. The van der Waals surface area contributed by atoms with E-state index in [0.29, 0.717) is 0 Å². The van der Waals surface area contributed by atoms with Gasteiger partial charge in [0.15, 0.2) is 0 Å². The molecule has 0 spiro atoms. The normalized spacial score (nSPS) is 19.1. The Labute approximate surface area is 115 Å². The van der Waals surface area contributed by atoms with Crippen LogP contribution in [0.25, 0.3) is 0 Å². The molecule has 2 rings (SSSR count). The first kappa shape index (κ1) is 14.3. The molecule has 0 radical (unpaired) electrons. The average molecular weight is 263 g/mol. The van der Waals surface area contributed by atoms with E-state index >= 15 is 0 Å². The molecule has 106 valence electrons. The molecule has 0 aliphatic carbocycles. The van der Waals surface area contributed by atoms with E-state index in [-0.39, 0.29) is 12.6 Å². The van der Waals surface area contributed by atoms with Crippen LogP contribution in [0.2, 0.25) is 0 Å². The molecule has 1 aliphatic rings. The van der Waals surface area contributed by atoms with Crippen molar-refractivity contribution in [3.8, 4) is 0 Å². The third kappa shape index (κ3) is 3.45. The Balaban J connectivity index is 2.06. The number of pyridine rings is 1. The highest BCUT2D eigenvalue weighted by Gasteiger charge is 2.25. The molecule has 4 heteroatoms. The number of aromatic nitrogens is 1. The predicted octanol–water partition coefficient (Wildman–Crippen LogP) is 1.85. The van der Waals surface area contributed by atoms with Gasteiger partial charge in [-0.3, -0.25) is 0 Å². The Morgan fingerprint density at radius 2 is 2.37 bits per heavy atom. The van der Waals surface area contributed by atoms with Crippen LogP contribution in [0.4, 0.5) is 5.82 Å². The first-order valence-corrected chi connectivity index (χ1v) is 7.30. The molecule has 1 saturated heterocycles. The molecule has 4 nitrogen and oxygen atoms in total. The zero-order chi connectivity index (χ0) is 13.7. The molecule has 1 aromatic rings. The summed E-state index contributed by atoms with van der Waals surface area (Å²) < 4.78 is 0. The lowest BCUT2D eigenvalue weighted by atomic mass is 10.1. The fourth-order valence-electron chi connectivity index (χ4n) is 2.74. The predicted molar refractivity (Wildman–Crippen MR) is 78.4 cm³/mol. The molecule has 0 aromatic carbocycles. The summed E-state index contributed by atoms with van der Waals surface area (Å²) in [4.78, 5) is 6.86. The van der Waals surface area contributed by atoms with E-state index in [2.05, 4.69) is 35.1 Å². The standard InChI is InChI=1S/C15H25N3O/c1-3-6-16-9-13-8-12(2)15(17-10-13)18-7-4-5-14(18)11-19/h8,10,14,16,19H,3-7,9,11H2,1-2H3. The molecule has 2 N–H and O–H groups in total. The summed E-state index contributed by atoms with van der Waals surface area (Å²) in [5.74, 6) is 1.04. The van der Waals surface area contributed by atoms with Crippen molar-refractivity contribution in [2.75, 3.05) is 24.6 Å². The fourth-order valence-corrected chi connectivity index (χ4v) is 2.74. The van der Waals surface area contributed by atoms with Crippen molar-refractivity contribution >= 4 is 5.82 Å². The first-order chi connectivity index (χ1) is 9.26. The molecular formula is C15H25N3O. The maximum atomic E-state index is 9.41. The number of aryl methyl sites for hydroxylation is 1. The smallest absolute Gasteiger partial charge is 0.131 e. The van der Waals surface area contributed by atoms with E-state index in [1.165, 1.54) is 11.1 Å². The fraction of sp³-hybridized carbons (Fsp3) is 0.667. The quantitative estimate of drug-likeness (QED) is 0.769. The summed E-state index contributed by atoms with van der Waals surface area (Å²) >= 11 is 0. The molecule has 0 bridgehead atoms. The highest BCUT2D eigenvalue weighted by molar-refractivity contribution is 5.49. The first-order valence-electron chi connectivity index (χ1n) is 7.30. The van der Waals surface area contributed by atoms with Gasteiger partial charge in [-0.25, -0.2) is 4.98 Å². The maximum Gasteiger partial charge on any atom is 0.131 e. The van der Waals surface area contributed by atoms with Crippen LogP contribution >= 0.6 is 0 Å². The summed E-state index contributed by atoms with van der Waals surface area (Å²) in [6.45, 7) is 7.43. The maximum absolute atomic E-state index is 9.41. The minimum absolute atomic E-state index is 0.223. The van der Waals surface area contributed by atoms with Gasteiger partial charge in [0, 0.05) is 19.3 Å². The van der Waals surface area contributed by atoms with Gasteiger partial charge in [0.25, 0.3) is 0 Å². The van der Waals surface area contributed by atoms with Crippen molar-refractivity contribution in [2.45, 2.75) is 45.7 Å². The second-order valence-electron chi connectivity index (χ2n) is 5.33. The Morgan fingerprint density at radius 1 is 1.53 bits per heavy atom. The number of aliphatic hydroxyl groups is 1. The van der Waals surface area contributed by atoms with Crippen LogP contribution in [0.1, 0.15) is 37.3 Å². The Bertz CT molecular complexity index is 408.